The molecule has 17 nitrogen and oxygen atoms in total. The predicted molar refractivity (Wildman–Crippen MR) is 227 cm³/mol. The second kappa shape index (κ2) is 23.0. The minimum Gasteiger partial charge on any atom is -0.459 e. The Bertz CT molecular complexity index is 1360. The molecule has 0 aromatic rings. The third kappa shape index (κ3) is 13.7. The molecule has 17 heteroatoms. The number of likely N-dealkylation sites (N-methyl/N-ethyl adjacent to an activating group) is 2. The Labute approximate surface area is 365 Å². The molecule has 0 aromatic carbocycles. The SMILES string of the molecule is CC[C@H]1OC(=O)[C@H](C)[C@@H](O[C@H]2C[C@@](C)(OC)[C@@H](OCCCNC(=O)COC)[C@H](C)O2)[C@H](C)[C@@H](O[C@@H]2O[C@H](C)C[C@H](N(C)C)[C@H]2O)[C@](C)(O)C[C@@H](C)CN(C)[C@H](C)[C@@H](O)[C@]1(C)O. The summed E-state index contributed by atoms with van der Waals surface area (Å²) in [5.74, 6) is -2.85. The van der Waals surface area contributed by atoms with Gasteiger partial charge >= 0.3 is 5.97 Å². The lowest BCUT2D eigenvalue weighted by Gasteiger charge is -2.49. The average molecular weight is 878 g/mol. The summed E-state index contributed by atoms with van der Waals surface area (Å²) in [6, 6.07) is -0.838. The number of aliphatic hydroxyl groups is 4. The number of nitrogens with one attached hydrogen (secondary N) is 1. The number of hydrogen-bond acceptors (Lipinski definition) is 16. The topological polar surface area (TPSA) is 207 Å². The van der Waals surface area contributed by atoms with E-state index in [0.717, 1.165) is 0 Å². The second-order valence-corrected chi connectivity index (χ2v) is 19.1. The van der Waals surface area contributed by atoms with Crippen LogP contribution in [0.5, 0.6) is 0 Å². The summed E-state index contributed by atoms with van der Waals surface area (Å²) in [6.45, 7) is 19.1. The summed E-state index contributed by atoms with van der Waals surface area (Å²) < 4.78 is 49.9. The van der Waals surface area contributed by atoms with Crippen molar-refractivity contribution in [1.82, 2.24) is 15.1 Å². The van der Waals surface area contributed by atoms with Crippen molar-refractivity contribution in [3.63, 3.8) is 0 Å². The molecule has 0 spiro atoms. The highest BCUT2D eigenvalue weighted by Crippen LogP contribution is 2.41. The van der Waals surface area contributed by atoms with Gasteiger partial charge in [-0.3, -0.25) is 9.59 Å². The third-order valence-electron chi connectivity index (χ3n) is 13.4. The van der Waals surface area contributed by atoms with Gasteiger partial charge in [-0.25, -0.2) is 0 Å². The van der Waals surface area contributed by atoms with E-state index in [1.807, 2.05) is 65.6 Å². The molecule has 3 aliphatic rings. The van der Waals surface area contributed by atoms with Crippen molar-refractivity contribution < 1.29 is 67.9 Å². The number of carbonyl (C=O) groups is 2. The molecule has 0 saturated carbocycles. The Balaban J connectivity index is 2.08. The maximum Gasteiger partial charge on any atom is 0.311 e. The number of nitrogens with zero attached hydrogens (tertiary/aromatic N) is 2. The van der Waals surface area contributed by atoms with E-state index < -0.39 is 96.0 Å². The molecule has 358 valence electrons. The predicted octanol–water partition coefficient (Wildman–Crippen LogP) is 2.08. The molecule has 3 aliphatic heterocycles. The van der Waals surface area contributed by atoms with Gasteiger partial charge in [0.1, 0.15) is 36.6 Å². The van der Waals surface area contributed by atoms with Gasteiger partial charge in [0.15, 0.2) is 12.6 Å². The van der Waals surface area contributed by atoms with Crippen LogP contribution in [0.2, 0.25) is 0 Å². The highest BCUT2D eigenvalue weighted by Gasteiger charge is 2.53. The summed E-state index contributed by atoms with van der Waals surface area (Å²) in [5.41, 5.74) is -4.31. The van der Waals surface area contributed by atoms with Gasteiger partial charge in [-0.1, -0.05) is 20.8 Å². The van der Waals surface area contributed by atoms with Crippen LogP contribution in [-0.4, -0.2) is 194 Å². The minimum absolute atomic E-state index is 0.0244. The summed E-state index contributed by atoms with van der Waals surface area (Å²) >= 11 is 0. The van der Waals surface area contributed by atoms with Crippen molar-refractivity contribution in [2.75, 3.05) is 61.7 Å². The average Bonchev–Trinajstić information content (AvgIpc) is 3.17. The van der Waals surface area contributed by atoms with Gasteiger partial charge in [0.2, 0.25) is 5.91 Å². The molecule has 0 bridgehead atoms. The molecule has 3 heterocycles. The third-order valence-corrected chi connectivity index (χ3v) is 13.4. The van der Waals surface area contributed by atoms with E-state index >= 15 is 0 Å². The summed E-state index contributed by atoms with van der Waals surface area (Å²) in [6.07, 6.45) is -7.17. The molecule has 3 fully saturated rings. The Kier molecular flexibility index (Phi) is 20.3. The lowest BCUT2D eigenvalue weighted by Crippen LogP contribution is -2.61. The number of esters is 1. The standard InChI is InChI=1S/C44H83N3O14/c1-16-32-44(10,53)37(50)29(6)47(13)23-25(2)21-42(8,52)38(61-41-35(49)31(46(11)12)20-26(3)57-41)27(4)36(28(5)40(51)59-32)60-34-22-43(9,55-15)39(30(7)58-34)56-19-17-18-45-33(48)24-54-14/h25-32,34-39,41,49-50,52-53H,16-24H2,1-15H3,(H,45,48)/t25-,26-,27+,28-,29-,30+,31+,32-,34+,35-,36+,37-,38-,39+,41+,42-,43-,44-/m1/s1. The number of rotatable bonds is 14. The van der Waals surface area contributed by atoms with E-state index in [4.69, 9.17) is 37.9 Å². The molecule has 0 radical (unpaired) electrons. The molecule has 18 atom stereocenters. The summed E-state index contributed by atoms with van der Waals surface area (Å²) in [7, 11) is 8.67. The number of methoxy groups -OCH3 is 2. The first kappa shape index (κ1) is 53.8. The van der Waals surface area contributed by atoms with Gasteiger partial charge in [-0.15, -0.1) is 0 Å². The molecule has 0 aromatic heterocycles. The zero-order valence-electron chi connectivity index (χ0n) is 39.8. The lowest BCUT2D eigenvalue weighted by molar-refractivity contribution is -0.320. The normalized spacial score (nSPS) is 43.9. The zero-order chi connectivity index (χ0) is 46.2. The van der Waals surface area contributed by atoms with Crippen LogP contribution in [0.3, 0.4) is 0 Å². The van der Waals surface area contributed by atoms with Gasteiger partial charge in [-0.2, -0.15) is 0 Å². The largest absolute Gasteiger partial charge is 0.459 e. The maximum atomic E-state index is 14.4. The van der Waals surface area contributed by atoms with Crippen molar-refractivity contribution in [2.24, 2.45) is 17.8 Å². The Morgan fingerprint density at radius 3 is 2.23 bits per heavy atom. The van der Waals surface area contributed by atoms with Crippen LogP contribution in [0.1, 0.15) is 101 Å². The molecule has 61 heavy (non-hydrogen) atoms. The second-order valence-electron chi connectivity index (χ2n) is 19.1. The Morgan fingerprint density at radius 2 is 1.64 bits per heavy atom. The number of amides is 1. The number of ether oxygens (including phenoxy) is 8. The Hall–Kier alpha value is -1.58. The van der Waals surface area contributed by atoms with Crippen LogP contribution in [0.4, 0.5) is 0 Å². The van der Waals surface area contributed by atoms with Crippen molar-refractivity contribution >= 4 is 11.9 Å². The van der Waals surface area contributed by atoms with Crippen molar-refractivity contribution in [3.05, 3.63) is 0 Å². The fourth-order valence-electron chi connectivity index (χ4n) is 9.73. The molecular formula is C44H83N3O14. The molecule has 5 N–H and O–H groups in total. The van der Waals surface area contributed by atoms with Gasteiger partial charge in [0.25, 0.3) is 0 Å². The zero-order valence-corrected chi connectivity index (χ0v) is 39.8. The quantitative estimate of drug-likeness (QED) is 0.125. The molecule has 3 rings (SSSR count). The summed E-state index contributed by atoms with van der Waals surface area (Å²) in [5, 5.41) is 50.5. The highest BCUT2D eigenvalue weighted by molar-refractivity contribution is 5.77. The van der Waals surface area contributed by atoms with E-state index in [1.54, 1.807) is 34.8 Å². The maximum absolute atomic E-state index is 14.4. The van der Waals surface area contributed by atoms with Crippen LogP contribution in [0.25, 0.3) is 0 Å². The molecule has 3 saturated heterocycles. The number of carbonyl (C=O) groups excluding carboxylic acids is 2. The molecule has 1 amide bonds. The number of aliphatic hydroxyl groups excluding tert-OH is 2. The van der Waals surface area contributed by atoms with Gasteiger partial charge in [0.05, 0.1) is 41.5 Å². The van der Waals surface area contributed by atoms with Crippen LogP contribution < -0.4 is 5.32 Å². The molecule has 0 unspecified atom stereocenters. The van der Waals surface area contributed by atoms with Gasteiger partial charge in [0, 0.05) is 58.3 Å². The molecule has 0 aliphatic carbocycles. The van der Waals surface area contributed by atoms with Crippen LogP contribution in [0, 0.1) is 17.8 Å². The van der Waals surface area contributed by atoms with E-state index in [0.29, 0.717) is 32.5 Å². The highest BCUT2D eigenvalue weighted by atomic mass is 16.7. The van der Waals surface area contributed by atoms with E-state index in [9.17, 15) is 30.0 Å². The lowest BCUT2D eigenvalue weighted by atomic mass is 9.77. The first-order valence-corrected chi connectivity index (χ1v) is 22.3. The number of cyclic esters (lactones) is 1. The minimum atomic E-state index is -1.82. The first-order chi connectivity index (χ1) is 28.3. The smallest absolute Gasteiger partial charge is 0.311 e. The Morgan fingerprint density at radius 1 is 0.984 bits per heavy atom. The van der Waals surface area contributed by atoms with Gasteiger partial charge in [-0.05, 0) is 101 Å². The molecular weight excluding hydrogens is 794 g/mol. The van der Waals surface area contributed by atoms with Crippen LogP contribution in [-0.2, 0) is 47.5 Å². The van der Waals surface area contributed by atoms with Crippen molar-refractivity contribution in [3.8, 4) is 0 Å². The van der Waals surface area contributed by atoms with E-state index in [2.05, 4.69) is 5.32 Å². The number of hydrogen-bond donors (Lipinski definition) is 5. The van der Waals surface area contributed by atoms with Crippen molar-refractivity contribution in [1.29, 1.82) is 0 Å². The first-order valence-electron chi connectivity index (χ1n) is 22.3. The van der Waals surface area contributed by atoms with Crippen molar-refractivity contribution in [2.45, 2.75) is 192 Å². The fourth-order valence-corrected chi connectivity index (χ4v) is 9.73. The van der Waals surface area contributed by atoms with Crippen LogP contribution in [0.15, 0.2) is 0 Å². The summed E-state index contributed by atoms with van der Waals surface area (Å²) in [4.78, 5) is 30.1. The van der Waals surface area contributed by atoms with E-state index in [-0.39, 0.29) is 49.8 Å². The monoisotopic (exact) mass is 878 g/mol. The van der Waals surface area contributed by atoms with Gasteiger partial charge < -0.3 is 73.4 Å². The fraction of sp³-hybridized carbons (Fsp3) is 0.955. The van der Waals surface area contributed by atoms with Crippen LogP contribution >= 0.6 is 0 Å². The van der Waals surface area contributed by atoms with E-state index in [1.165, 1.54) is 14.0 Å².